The van der Waals surface area contributed by atoms with Gasteiger partial charge >= 0.3 is 0 Å². The normalized spacial score (nSPS) is 31.2. The minimum Gasteiger partial charge on any atom is -0.405 e. The van der Waals surface area contributed by atoms with Crippen molar-refractivity contribution in [2.24, 2.45) is 29.2 Å². The SMILES string of the molecule is CCC1CCCC(C(N)C(C)C)/C(=C\N)CC1. The van der Waals surface area contributed by atoms with Crippen LogP contribution in [0.25, 0.3) is 0 Å². The minimum absolute atomic E-state index is 0.267. The molecule has 4 N–H and O–H groups in total. The van der Waals surface area contributed by atoms with Crippen molar-refractivity contribution >= 4 is 0 Å². The molecule has 0 bridgehead atoms. The van der Waals surface area contributed by atoms with Crippen LogP contribution in [-0.2, 0) is 0 Å². The van der Waals surface area contributed by atoms with Gasteiger partial charge in [0, 0.05) is 6.04 Å². The zero-order valence-electron chi connectivity index (χ0n) is 11.8. The molecule has 2 heteroatoms. The maximum atomic E-state index is 6.35. The van der Waals surface area contributed by atoms with Crippen molar-refractivity contribution in [2.45, 2.75) is 65.3 Å². The molecular formula is C15H30N2. The van der Waals surface area contributed by atoms with Gasteiger partial charge in [-0.1, -0.05) is 45.6 Å². The summed E-state index contributed by atoms with van der Waals surface area (Å²) in [6.45, 7) is 6.73. The Bertz CT molecular complexity index is 245. The van der Waals surface area contributed by atoms with Crippen LogP contribution >= 0.6 is 0 Å². The van der Waals surface area contributed by atoms with Crippen molar-refractivity contribution in [1.82, 2.24) is 0 Å². The fourth-order valence-corrected chi connectivity index (χ4v) is 3.03. The molecule has 0 amide bonds. The molecule has 1 aliphatic rings. The van der Waals surface area contributed by atoms with Crippen molar-refractivity contribution in [3.63, 3.8) is 0 Å². The molecule has 0 aromatic rings. The standard InChI is InChI=1S/C15H30N2/c1-4-12-6-5-7-14(15(17)11(2)3)13(10-16)9-8-12/h10-12,14-15H,4-9,16-17H2,1-3H3/b13-10-. The maximum Gasteiger partial charge on any atom is 0.0128 e. The molecule has 0 aromatic carbocycles. The lowest BCUT2D eigenvalue weighted by Gasteiger charge is -2.32. The molecule has 3 unspecified atom stereocenters. The molecule has 0 saturated heterocycles. The van der Waals surface area contributed by atoms with Gasteiger partial charge in [0.25, 0.3) is 0 Å². The van der Waals surface area contributed by atoms with Crippen LogP contribution in [0.15, 0.2) is 11.8 Å². The average molecular weight is 238 g/mol. The Balaban J connectivity index is 2.70. The molecule has 17 heavy (non-hydrogen) atoms. The van der Waals surface area contributed by atoms with E-state index in [-0.39, 0.29) is 6.04 Å². The van der Waals surface area contributed by atoms with Crippen LogP contribution in [0.4, 0.5) is 0 Å². The first kappa shape index (κ1) is 14.6. The van der Waals surface area contributed by atoms with Gasteiger partial charge in [-0.2, -0.15) is 0 Å². The van der Waals surface area contributed by atoms with Crippen LogP contribution in [0.5, 0.6) is 0 Å². The van der Waals surface area contributed by atoms with Gasteiger partial charge in [0.2, 0.25) is 0 Å². The third-order valence-electron chi connectivity index (χ3n) is 4.47. The van der Waals surface area contributed by atoms with Gasteiger partial charge in [0.15, 0.2) is 0 Å². The molecule has 0 spiro atoms. The minimum atomic E-state index is 0.267. The van der Waals surface area contributed by atoms with E-state index in [0.717, 1.165) is 12.3 Å². The molecule has 0 heterocycles. The lowest BCUT2D eigenvalue weighted by molar-refractivity contribution is 0.303. The summed E-state index contributed by atoms with van der Waals surface area (Å²) in [6.07, 6.45) is 9.49. The summed E-state index contributed by atoms with van der Waals surface area (Å²) in [5, 5.41) is 0. The van der Waals surface area contributed by atoms with Crippen molar-refractivity contribution in [2.75, 3.05) is 0 Å². The molecule has 100 valence electrons. The first-order valence-corrected chi connectivity index (χ1v) is 7.26. The van der Waals surface area contributed by atoms with Gasteiger partial charge in [-0.05, 0) is 43.2 Å². The van der Waals surface area contributed by atoms with E-state index in [1.54, 1.807) is 0 Å². The van der Waals surface area contributed by atoms with Crippen LogP contribution in [0.3, 0.4) is 0 Å². The predicted molar refractivity (Wildman–Crippen MR) is 75.4 cm³/mol. The summed E-state index contributed by atoms with van der Waals surface area (Å²) in [4.78, 5) is 0. The predicted octanol–water partition coefficient (Wildman–Crippen LogP) is 3.42. The Morgan fingerprint density at radius 3 is 2.53 bits per heavy atom. The fourth-order valence-electron chi connectivity index (χ4n) is 3.03. The maximum absolute atomic E-state index is 6.35. The van der Waals surface area contributed by atoms with E-state index in [4.69, 9.17) is 11.5 Å². The van der Waals surface area contributed by atoms with Gasteiger partial charge in [-0.15, -0.1) is 0 Å². The second-order valence-electron chi connectivity index (χ2n) is 5.91. The molecule has 0 aromatic heterocycles. The summed E-state index contributed by atoms with van der Waals surface area (Å²) in [5.74, 6) is 1.94. The number of rotatable bonds is 3. The van der Waals surface area contributed by atoms with E-state index in [1.165, 1.54) is 37.7 Å². The van der Waals surface area contributed by atoms with Crippen LogP contribution in [0.2, 0.25) is 0 Å². The Kier molecular flexibility index (Phi) is 6.04. The Morgan fingerprint density at radius 2 is 2.00 bits per heavy atom. The molecule has 1 aliphatic carbocycles. The third kappa shape index (κ3) is 4.02. The van der Waals surface area contributed by atoms with Gasteiger partial charge in [-0.3, -0.25) is 0 Å². The Labute approximate surface area is 107 Å². The zero-order valence-corrected chi connectivity index (χ0v) is 11.8. The highest BCUT2D eigenvalue weighted by Gasteiger charge is 2.26. The van der Waals surface area contributed by atoms with Gasteiger partial charge in [0.1, 0.15) is 0 Å². The van der Waals surface area contributed by atoms with E-state index in [1.807, 2.05) is 6.20 Å². The zero-order chi connectivity index (χ0) is 12.8. The highest BCUT2D eigenvalue weighted by molar-refractivity contribution is 5.09. The quantitative estimate of drug-likeness (QED) is 0.791. The van der Waals surface area contributed by atoms with Gasteiger partial charge < -0.3 is 11.5 Å². The molecule has 1 saturated carbocycles. The first-order chi connectivity index (χ1) is 8.10. The van der Waals surface area contributed by atoms with E-state index < -0.39 is 0 Å². The molecule has 1 fully saturated rings. The van der Waals surface area contributed by atoms with Crippen molar-refractivity contribution in [3.05, 3.63) is 11.8 Å². The smallest absolute Gasteiger partial charge is 0.0128 e. The Morgan fingerprint density at radius 1 is 1.29 bits per heavy atom. The number of hydrogen-bond acceptors (Lipinski definition) is 2. The van der Waals surface area contributed by atoms with E-state index in [0.29, 0.717) is 11.8 Å². The highest BCUT2D eigenvalue weighted by atomic mass is 14.7. The Hall–Kier alpha value is -0.500. The summed E-state index contributed by atoms with van der Waals surface area (Å²) >= 11 is 0. The lowest BCUT2D eigenvalue weighted by Crippen LogP contribution is -2.37. The fraction of sp³-hybridized carbons (Fsp3) is 0.867. The molecule has 0 aliphatic heterocycles. The summed E-state index contributed by atoms with van der Waals surface area (Å²) in [6, 6.07) is 0.267. The molecule has 3 atom stereocenters. The molecule has 1 rings (SSSR count). The van der Waals surface area contributed by atoms with Gasteiger partial charge in [-0.25, -0.2) is 0 Å². The number of nitrogens with two attached hydrogens (primary N) is 2. The summed E-state index contributed by atoms with van der Waals surface area (Å²) < 4.78 is 0. The topological polar surface area (TPSA) is 52.0 Å². The van der Waals surface area contributed by atoms with Crippen molar-refractivity contribution in [3.8, 4) is 0 Å². The van der Waals surface area contributed by atoms with Crippen LogP contribution in [0.1, 0.15) is 59.3 Å². The van der Waals surface area contributed by atoms with Crippen LogP contribution in [0, 0.1) is 17.8 Å². The van der Waals surface area contributed by atoms with E-state index >= 15 is 0 Å². The average Bonchev–Trinajstić information content (AvgIpc) is 2.28. The molecular weight excluding hydrogens is 208 g/mol. The molecule has 2 nitrogen and oxygen atoms in total. The second-order valence-corrected chi connectivity index (χ2v) is 5.91. The second kappa shape index (κ2) is 7.05. The van der Waals surface area contributed by atoms with Crippen molar-refractivity contribution < 1.29 is 0 Å². The monoisotopic (exact) mass is 238 g/mol. The van der Waals surface area contributed by atoms with Crippen LogP contribution in [-0.4, -0.2) is 6.04 Å². The van der Waals surface area contributed by atoms with E-state index in [2.05, 4.69) is 20.8 Å². The van der Waals surface area contributed by atoms with Crippen LogP contribution < -0.4 is 11.5 Å². The summed E-state index contributed by atoms with van der Waals surface area (Å²) in [5.41, 5.74) is 13.6. The molecule has 0 radical (unpaired) electrons. The third-order valence-corrected chi connectivity index (χ3v) is 4.47. The van der Waals surface area contributed by atoms with Crippen molar-refractivity contribution in [1.29, 1.82) is 0 Å². The highest BCUT2D eigenvalue weighted by Crippen LogP contribution is 2.33. The lowest BCUT2D eigenvalue weighted by atomic mass is 9.76. The van der Waals surface area contributed by atoms with Gasteiger partial charge in [0.05, 0.1) is 0 Å². The largest absolute Gasteiger partial charge is 0.405 e. The first-order valence-electron chi connectivity index (χ1n) is 7.26. The number of hydrogen-bond donors (Lipinski definition) is 2. The summed E-state index contributed by atoms with van der Waals surface area (Å²) in [7, 11) is 0. The van der Waals surface area contributed by atoms with E-state index in [9.17, 15) is 0 Å².